The fraction of sp³-hybridized carbons (Fsp3) is 0.478. The average molecular weight is 470 g/mol. The molecule has 2 aromatic rings. The highest BCUT2D eigenvalue weighted by atomic mass is 35.5. The standard InChI is InChI=1S/C23H26F3N3O2.ClH/c24-23(25,26)20-7-6-19(16-27-20)21(30)29-14-15-31-22(17-29)9-12-28(13-10-22)11-8-18-4-2-1-3-5-18;/h1-7,16H,8-15,17H2;1H. The van der Waals surface area contributed by atoms with Crippen molar-refractivity contribution in [1.29, 1.82) is 0 Å². The number of amides is 1. The summed E-state index contributed by atoms with van der Waals surface area (Å²) in [4.78, 5) is 20.4. The van der Waals surface area contributed by atoms with Crippen molar-refractivity contribution in [3.05, 3.63) is 65.5 Å². The molecule has 0 radical (unpaired) electrons. The van der Waals surface area contributed by atoms with E-state index < -0.39 is 11.9 Å². The third-order valence-corrected chi connectivity index (χ3v) is 6.16. The lowest BCUT2D eigenvalue weighted by Crippen LogP contribution is -2.58. The van der Waals surface area contributed by atoms with Crippen LogP contribution in [0.4, 0.5) is 13.2 Å². The van der Waals surface area contributed by atoms with Crippen LogP contribution in [0.5, 0.6) is 0 Å². The van der Waals surface area contributed by atoms with E-state index in [0.29, 0.717) is 19.7 Å². The zero-order valence-corrected chi connectivity index (χ0v) is 18.5. The van der Waals surface area contributed by atoms with E-state index in [1.165, 1.54) is 11.6 Å². The first kappa shape index (κ1) is 24.5. The van der Waals surface area contributed by atoms with Crippen LogP contribution in [0.1, 0.15) is 34.5 Å². The van der Waals surface area contributed by atoms with Gasteiger partial charge in [-0.05, 0) is 37.0 Å². The third-order valence-electron chi connectivity index (χ3n) is 6.16. The second-order valence-corrected chi connectivity index (χ2v) is 8.27. The number of hydrogen-bond acceptors (Lipinski definition) is 4. The monoisotopic (exact) mass is 469 g/mol. The molecule has 1 spiro atoms. The predicted molar refractivity (Wildman–Crippen MR) is 117 cm³/mol. The second kappa shape index (κ2) is 10.2. The Bertz CT molecular complexity index is 886. The Morgan fingerprint density at radius 2 is 1.78 bits per heavy atom. The van der Waals surface area contributed by atoms with Crippen molar-refractivity contribution in [2.75, 3.05) is 39.3 Å². The minimum atomic E-state index is -4.51. The Kier molecular flexibility index (Phi) is 7.79. The molecule has 0 saturated carbocycles. The molecule has 0 unspecified atom stereocenters. The van der Waals surface area contributed by atoms with Crippen molar-refractivity contribution >= 4 is 18.3 Å². The Labute approximate surface area is 192 Å². The number of rotatable bonds is 4. The highest BCUT2D eigenvalue weighted by molar-refractivity contribution is 5.94. The highest BCUT2D eigenvalue weighted by Gasteiger charge is 2.41. The maximum Gasteiger partial charge on any atom is 0.433 e. The van der Waals surface area contributed by atoms with E-state index in [1.54, 1.807) is 4.90 Å². The first-order valence-electron chi connectivity index (χ1n) is 10.6. The van der Waals surface area contributed by atoms with Gasteiger partial charge in [0.25, 0.3) is 5.91 Å². The second-order valence-electron chi connectivity index (χ2n) is 8.27. The number of pyridine rings is 1. The number of aromatic nitrogens is 1. The molecule has 1 amide bonds. The molecular formula is C23H27ClF3N3O2. The molecule has 0 aliphatic carbocycles. The zero-order chi connectivity index (χ0) is 21.9. The number of benzene rings is 1. The number of carbonyl (C=O) groups excluding carboxylic acids is 1. The summed E-state index contributed by atoms with van der Waals surface area (Å²) in [5, 5.41) is 0. The summed E-state index contributed by atoms with van der Waals surface area (Å²) < 4.78 is 44.3. The Morgan fingerprint density at radius 3 is 2.41 bits per heavy atom. The minimum absolute atomic E-state index is 0. The third kappa shape index (κ3) is 5.79. The van der Waals surface area contributed by atoms with E-state index in [9.17, 15) is 18.0 Å². The van der Waals surface area contributed by atoms with Crippen LogP contribution in [0, 0.1) is 0 Å². The number of hydrogen-bond donors (Lipinski definition) is 0. The lowest BCUT2D eigenvalue weighted by atomic mass is 9.89. The molecular weight excluding hydrogens is 443 g/mol. The molecule has 0 bridgehead atoms. The summed E-state index contributed by atoms with van der Waals surface area (Å²) in [5.74, 6) is -0.296. The number of piperidine rings is 1. The smallest absolute Gasteiger partial charge is 0.371 e. The summed E-state index contributed by atoms with van der Waals surface area (Å²) in [5.41, 5.74) is 0.116. The summed E-state index contributed by atoms with van der Waals surface area (Å²) in [6, 6.07) is 12.4. The molecule has 2 aliphatic heterocycles. The van der Waals surface area contributed by atoms with Gasteiger partial charge in [0.15, 0.2) is 0 Å². The van der Waals surface area contributed by atoms with Crippen LogP contribution in [0.2, 0.25) is 0 Å². The summed E-state index contributed by atoms with van der Waals surface area (Å²) in [6.07, 6.45) is -0.841. The van der Waals surface area contributed by atoms with Gasteiger partial charge in [-0.3, -0.25) is 9.78 Å². The lowest BCUT2D eigenvalue weighted by Gasteiger charge is -2.47. The molecule has 1 aromatic heterocycles. The number of halogens is 4. The molecule has 2 fully saturated rings. The van der Waals surface area contributed by atoms with Gasteiger partial charge in [-0.25, -0.2) is 0 Å². The minimum Gasteiger partial charge on any atom is -0.371 e. The van der Waals surface area contributed by atoms with E-state index in [-0.39, 0.29) is 29.5 Å². The van der Waals surface area contributed by atoms with Crippen molar-refractivity contribution in [3.63, 3.8) is 0 Å². The molecule has 9 heteroatoms. The summed E-state index contributed by atoms with van der Waals surface area (Å²) >= 11 is 0. The van der Waals surface area contributed by atoms with E-state index >= 15 is 0 Å². The highest BCUT2D eigenvalue weighted by Crippen LogP contribution is 2.31. The van der Waals surface area contributed by atoms with Gasteiger partial charge < -0.3 is 14.5 Å². The Hall–Kier alpha value is -2.16. The number of alkyl halides is 3. The Morgan fingerprint density at radius 1 is 1.06 bits per heavy atom. The van der Waals surface area contributed by atoms with Crippen molar-refractivity contribution < 1.29 is 22.7 Å². The van der Waals surface area contributed by atoms with Gasteiger partial charge in [0, 0.05) is 32.4 Å². The van der Waals surface area contributed by atoms with Crippen LogP contribution in [0.15, 0.2) is 48.7 Å². The molecule has 2 saturated heterocycles. The van der Waals surface area contributed by atoms with Gasteiger partial charge >= 0.3 is 6.18 Å². The van der Waals surface area contributed by atoms with E-state index in [4.69, 9.17) is 4.74 Å². The first-order valence-corrected chi connectivity index (χ1v) is 10.6. The summed E-state index contributed by atoms with van der Waals surface area (Å²) in [6.45, 7) is 4.11. The maximum atomic E-state index is 12.8. The van der Waals surface area contributed by atoms with Gasteiger partial charge in [-0.15, -0.1) is 12.4 Å². The van der Waals surface area contributed by atoms with Crippen LogP contribution in [-0.4, -0.2) is 65.6 Å². The molecule has 0 atom stereocenters. The first-order chi connectivity index (χ1) is 14.8. The molecule has 3 heterocycles. The topological polar surface area (TPSA) is 45.7 Å². The maximum absolute atomic E-state index is 12.8. The summed E-state index contributed by atoms with van der Waals surface area (Å²) in [7, 11) is 0. The van der Waals surface area contributed by atoms with Crippen LogP contribution >= 0.6 is 12.4 Å². The van der Waals surface area contributed by atoms with E-state index in [2.05, 4.69) is 22.0 Å². The molecule has 1 aromatic carbocycles. The largest absolute Gasteiger partial charge is 0.433 e. The molecule has 4 rings (SSSR count). The quantitative estimate of drug-likeness (QED) is 0.677. The van der Waals surface area contributed by atoms with Crippen molar-refractivity contribution in [2.45, 2.75) is 31.0 Å². The number of ether oxygens (including phenoxy) is 1. The fourth-order valence-electron chi connectivity index (χ4n) is 4.31. The van der Waals surface area contributed by atoms with Crippen LogP contribution < -0.4 is 0 Å². The van der Waals surface area contributed by atoms with Gasteiger partial charge in [-0.2, -0.15) is 13.2 Å². The normalized spacial score (nSPS) is 18.9. The van der Waals surface area contributed by atoms with Crippen LogP contribution in [0.3, 0.4) is 0 Å². The number of nitrogens with zero attached hydrogens (tertiary/aromatic N) is 3. The van der Waals surface area contributed by atoms with Crippen molar-refractivity contribution in [3.8, 4) is 0 Å². The van der Waals surface area contributed by atoms with Crippen LogP contribution in [0.25, 0.3) is 0 Å². The molecule has 5 nitrogen and oxygen atoms in total. The molecule has 0 N–H and O–H groups in total. The van der Waals surface area contributed by atoms with Gasteiger partial charge in [-0.1, -0.05) is 30.3 Å². The Balaban J connectivity index is 0.00000289. The lowest BCUT2D eigenvalue weighted by molar-refractivity contribution is -0.141. The molecule has 2 aliphatic rings. The van der Waals surface area contributed by atoms with Crippen LogP contribution in [-0.2, 0) is 17.3 Å². The van der Waals surface area contributed by atoms with Gasteiger partial charge in [0.05, 0.1) is 24.3 Å². The SMILES string of the molecule is Cl.O=C(c1ccc(C(F)(F)F)nc1)N1CCOC2(CCN(CCc3ccccc3)CC2)C1. The molecule has 174 valence electrons. The van der Waals surface area contributed by atoms with E-state index in [0.717, 1.165) is 51.2 Å². The van der Waals surface area contributed by atoms with Crippen molar-refractivity contribution in [2.24, 2.45) is 0 Å². The van der Waals surface area contributed by atoms with E-state index in [1.807, 2.05) is 18.2 Å². The number of carbonyl (C=O) groups is 1. The van der Waals surface area contributed by atoms with Crippen molar-refractivity contribution in [1.82, 2.24) is 14.8 Å². The fourth-order valence-corrected chi connectivity index (χ4v) is 4.31. The predicted octanol–water partition coefficient (Wildman–Crippen LogP) is 4.07. The van der Waals surface area contributed by atoms with Gasteiger partial charge in [0.1, 0.15) is 5.69 Å². The van der Waals surface area contributed by atoms with Gasteiger partial charge in [0.2, 0.25) is 0 Å². The number of morpholine rings is 1. The molecule has 32 heavy (non-hydrogen) atoms. The zero-order valence-electron chi connectivity index (χ0n) is 17.7. The number of likely N-dealkylation sites (tertiary alicyclic amines) is 1. The average Bonchev–Trinajstić information content (AvgIpc) is 2.79.